The van der Waals surface area contributed by atoms with Crippen LogP contribution in [0.3, 0.4) is 0 Å². The number of hydrogen-bond donors (Lipinski definition) is 1. The second kappa shape index (κ2) is 7.93. The van der Waals surface area contributed by atoms with Crippen LogP contribution < -0.4 is 10.5 Å². The van der Waals surface area contributed by atoms with Crippen molar-refractivity contribution in [3.63, 3.8) is 0 Å². The molecule has 2 atom stereocenters. The van der Waals surface area contributed by atoms with E-state index in [0.717, 1.165) is 6.42 Å². The van der Waals surface area contributed by atoms with Crippen LogP contribution in [0.1, 0.15) is 27.2 Å². The number of piperidine rings is 1. The number of halogens is 3. The lowest BCUT2D eigenvalue weighted by atomic mass is 9.79. The van der Waals surface area contributed by atoms with Gasteiger partial charge in [0.15, 0.2) is 6.10 Å². The molecule has 0 aliphatic carbocycles. The van der Waals surface area contributed by atoms with Gasteiger partial charge in [-0.25, -0.2) is 0 Å². The Labute approximate surface area is 153 Å². The molecule has 23 heavy (non-hydrogen) atoms. The molecular weight excluding hydrogens is 359 g/mol. The van der Waals surface area contributed by atoms with Crippen molar-refractivity contribution in [2.45, 2.75) is 39.3 Å². The van der Waals surface area contributed by atoms with E-state index in [0.29, 0.717) is 28.9 Å². The molecule has 2 unspecified atom stereocenters. The molecule has 2 rings (SSSR count). The molecule has 7 heteroatoms. The maximum absolute atomic E-state index is 12.5. The highest BCUT2D eigenvalue weighted by molar-refractivity contribution is 6.42. The minimum atomic E-state index is -0.581. The zero-order chi connectivity index (χ0) is 16.5. The van der Waals surface area contributed by atoms with Crippen molar-refractivity contribution in [2.24, 2.45) is 11.1 Å². The summed E-state index contributed by atoms with van der Waals surface area (Å²) in [5.41, 5.74) is 6.02. The number of rotatable bonds is 3. The second-order valence-electron chi connectivity index (χ2n) is 6.48. The summed E-state index contributed by atoms with van der Waals surface area (Å²) in [5, 5.41) is 0.864. The summed E-state index contributed by atoms with van der Waals surface area (Å²) in [5.74, 6) is 0.495. The standard InChI is InChI=1S/C16H22Cl2N2O2.ClH/c1-10(22-11-4-5-12(17)13(18)8-11)15(21)20-7-6-14(19)16(2,3)9-20;/h4-5,8,10,14H,6-7,9,19H2,1-3H3;1H. The van der Waals surface area contributed by atoms with E-state index in [1.165, 1.54) is 0 Å². The average Bonchev–Trinajstić information content (AvgIpc) is 2.45. The van der Waals surface area contributed by atoms with Gasteiger partial charge in [-0.05, 0) is 30.9 Å². The van der Waals surface area contributed by atoms with Gasteiger partial charge in [-0.1, -0.05) is 37.0 Å². The highest BCUT2D eigenvalue weighted by Gasteiger charge is 2.36. The van der Waals surface area contributed by atoms with Crippen LogP contribution in [0.5, 0.6) is 5.75 Å². The number of ether oxygens (including phenoxy) is 1. The molecule has 0 radical (unpaired) electrons. The summed E-state index contributed by atoms with van der Waals surface area (Å²) in [7, 11) is 0. The molecule has 1 aromatic rings. The van der Waals surface area contributed by atoms with Gasteiger partial charge in [-0.2, -0.15) is 0 Å². The molecular formula is C16H23Cl3N2O2. The predicted molar refractivity (Wildman–Crippen MR) is 96.8 cm³/mol. The summed E-state index contributed by atoms with van der Waals surface area (Å²) in [6.07, 6.45) is 0.223. The molecule has 2 N–H and O–H groups in total. The van der Waals surface area contributed by atoms with E-state index in [2.05, 4.69) is 13.8 Å². The third kappa shape index (κ3) is 4.90. The second-order valence-corrected chi connectivity index (χ2v) is 7.29. The zero-order valence-electron chi connectivity index (χ0n) is 13.5. The van der Waals surface area contributed by atoms with Crippen molar-refractivity contribution < 1.29 is 9.53 Å². The van der Waals surface area contributed by atoms with E-state index in [9.17, 15) is 4.79 Å². The maximum atomic E-state index is 12.5. The summed E-state index contributed by atoms with van der Waals surface area (Å²) in [6, 6.07) is 5.08. The van der Waals surface area contributed by atoms with Gasteiger partial charge in [0.25, 0.3) is 5.91 Å². The van der Waals surface area contributed by atoms with E-state index < -0.39 is 6.10 Å². The van der Waals surface area contributed by atoms with Crippen LogP contribution >= 0.6 is 35.6 Å². The van der Waals surface area contributed by atoms with Gasteiger partial charge in [0.2, 0.25) is 0 Å². The highest BCUT2D eigenvalue weighted by Crippen LogP contribution is 2.29. The third-order valence-corrected chi connectivity index (χ3v) is 4.91. The number of benzene rings is 1. The number of likely N-dealkylation sites (tertiary alicyclic amines) is 1. The molecule has 1 heterocycles. The van der Waals surface area contributed by atoms with Gasteiger partial charge in [0.05, 0.1) is 10.0 Å². The van der Waals surface area contributed by atoms with Crippen molar-refractivity contribution in [2.75, 3.05) is 13.1 Å². The van der Waals surface area contributed by atoms with Crippen LogP contribution in [-0.2, 0) is 4.79 Å². The van der Waals surface area contributed by atoms with Gasteiger partial charge in [0.1, 0.15) is 5.75 Å². The van der Waals surface area contributed by atoms with Crippen molar-refractivity contribution in [1.82, 2.24) is 4.90 Å². The zero-order valence-corrected chi connectivity index (χ0v) is 15.8. The number of nitrogens with zero attached hydrogens (tertiary/aromatic N) is 1. The van der Waals surface area contributed by atoms with Crippen LogP contribution in [0.4, 0.5) is 0 Å². The Balaban J connectivity index is 0.00000264. The first-order chi connectivity index (χ1) is 10.2. The molecule has 0 spiro atoms. The summed E-state index contributed by atoms with van der Waals surface area (Å²) in [6.45, 7) is 7.22. The fourth-order valence-corrected chi connectivity index (χ4v) is 2.91. The molecule has 0 aromatic heterocycles. The Morgan fingerprint density at radius 1 is 1.39 bits per heavy atom. The molecule has 4 nitrogen and oxygen atoms in total. The van der Waals surface area contributed by atoms with Gasteiger partial charge in [0, 0.05) is 25.2 Å². The van der Waals surface area contributed by atoms with Crippen molar-refractivity contribution >= 4 is 41.5 Å². The third-order valence-electron chi connectivity index (χ3n) is 4.18. The lowest BCUT2D eigenvalue weighted by Gasteiger charge is -2.43. The molecule has 1 fully saturated rings. The minimum absolute atomic E-state index is 0. The smallest absolute Gasteiger partial charge is 0.263 e. The SMILES string of the molecule is CC(Oc1ccc(Cl)c(Cl)c1)C(=O)N1CCC(N)C(C)(C)C1.Cl. The summed E-state index contributed by atoms with van der Waals surface area (Å²) >= 11 is 11.8. The first-order valence-electron chi connectivity index (χ1n) is 7.37. The lowest BCUT2D eigenvalue weighted by Crippen LogP contribution is -2.56. The average molecular weight is 382 g/mol. The first kappa shape index (κ1) is 20.4. The van der Waals surface area contributed by atoms with Crippen molar-refractivity contribution in [3.05, 3.63) is 28.2 Å². The molecule has 1 aliphatic rings. The van der Waals surface area contributed by atoms with Gasteiger partial charge < -0.3 is 15.4 Å². The highest BCUT2D eigenvalue weighted by atomic mass is 35.5. The summed E-state index contributed by atoms with van der Waals surface area (Å²) in [4.78, 5) is 14.4. The number of carbonyl (C=O) groups is 1. The molecule has 130 valence electrons. The number of hydrogen-bond acceptors (Lipinski definition) is 3. The van der Waals surface area contributed by atoms with Gasteiger partial charge in [-0.15, -0.1) is 12.4 Å². The topological polar surface area (TPSA) is 55.6 Å². The first-order valence-corrected chi connectivity index (χ1v) is 8.12. The largest absolute Gasteiger partial charge is 0.481 e. The number of carbonyl (C=O) groups excluding carboxylic acids is 1. The van der Waals surface area contributed by atoms with E-state index in [1.807, 2.05) is 4.90 Å². The molecule has 0 bridgehead atoms. The Morgan fingerprint density at radius 2 is 2.04 bits per heavy atom. The van der Waals surface area contributed by atoms with E-state index >= 15 is 0 Å². The van der Waals surface area contributed by atoms with Crippen molar-refractivity contribution in [1.29, 1.82) is 0 Å². The predicted octanol–water partition coefficient (Wildman–Crippen LogP) is 3.77. The molecule has 1 aliphatic heterocycles. The minimum Gasteiger partial charge on any atom is -0.481 e. The van der Waals surface area contributed by atoms with E-state index in [1.54, 1.807) is 25.1 Å². The number of amides is 1. The Kier molecular flexibility index (Phi) is 7.02. The normalized spacial score (nSPS) is 21.3. The molecule has 1 amide bonds. The Morgan fingerprint density at radius 3 is 2.61 bits per heavy atom. The van der Waals surface area contributed by atoms with Gasteiger partial charge >= 0.3 is 0 Å². The molecule has 1 saturated heterocycles. The van der Waals surface area contributed by atoms with Crippen LogP contribution in [-0.4, -0.2) is 36.0 Å². The Hall–Kier alpha value is -0.680. The van der Waals surface area contributed by atoms with Crippen LogP contribution in [0.25, 0.3) is 0 Å². The quantitative estimate of drug-likeness (QED) is 0.867. The fraction of sp³-hybridized carbons (Fsp3) is 0.562. The van der Waals surface area contributed by atoms with Crippen LogP contribution in [0, 0.1) is 5.41 Å². The van der Waals surface area contributed by atoms with Gasteiger partial charge in [-0.3, -0.25) is 4.79 Å². The maximum Gasteiger partial charge on any atom is 0.263 e. The van der Waals surface area contributed by atoms with Crippen molar-refractivity contribution in [3.8, 4) is 5.75 Å². The summed E-state index contributed by atoms with van der Waals surface area (Å²) < 4.78 is 5.69. The van der Waals surface area contributed by atoms with Crippen LogP contribution in [0.15, 0.2) is 18.2 Å². The van der Waals surface area contributed by atoms with E-state index in [-0.39, 0.29) is 29.8 Å². The molecule has 0 saturated carbocycles. The number of nitrogens with two attached hydrogens (primary N) is 1. The monoisotopic (exact) mass is 380 g/mol. The molecule has 1 aromatic carbocycles. The Bertz CT molecular complexity index is 566. The van der Waals surface area contributed by atoms with E-state index in [4.69, 9.17) is 33.7 Å². The van der Waals surface area contributed by atoms with Crippen LogP contribution in [0.2, 0.25) is 10.0 Å². The fourth-order valence-electron chi connectivity index (χ4n) is 2.62. The lowest BCUT2D eigenvalue weighted by molar-refractivity contribution is -0.141.